The number of aliphatic imine (C=N–C) groups is 1. The molecule has 0 radical (unpaired) electrons. The fraction of sp³-hybridized carbons (Fsp3) is 0.500. The SMILES string of the molecule is C=C1/C=C(Br)\C=N/CC(C(=O)N(C)OC)CC1. The van der Waals surface area contributed by atoms with Crippen LogP contribution in [-0.4, -0.2) is 37.9 Å². The molecule has 0 fully saturated rings. The molecule has 1 rings (SSSR count). The van der Waals surface area contributed by atoms with E-state index in [0.717, 1.165) is 22.9 Å². The number of carbonyl (C=O) groups is 1. The van der Waals surface area contributed by atoms with Gasteiger partial charge in [0.2, 0.25) is 0 Å². The zero-order valence-corrected chi connectivity index (χ0v) is 11.7. The highest BCUT2D eigenvalue weighted by atomic mass is 79.9. The van der Waals surface area contributed by atoms with Gasteiger partial charge in [0.25, 0.3) is 5.91 Å². The molecule has 0 N–H and O–H groups in total. The molecule has 0 spiro atoms. The van der Waals surface area contributed by atoms with Crippen molar-refractivity contribution in [3.63, 3.8) is 0 Å². The molecular formula is C12H17BrN2O2. The number of nitrogens with zero attached hydrogens (tertiary/aromatic N) is 2. The van der Waals surface area contributed by atoms with Crippen molar-refractivity contribution in [2.24, 2.45) is 10.9 Å². The van der Waals surface area contributed by atoms with E-state index in [9.17, 15) is 4.79 Å². The maximum atomic E-state index is 12.0. The summed E-state index contributed by atoms with van der Waals surface area (Å²) in [6.45, 7) is 4.42. The second-order valence-electron chi connectivity index (χ2n) is 3.94. The van der Waals surface area contributed by atoms with Crippen molar-refractivity contribution in [3.8, 4) is 0 Å². The van der Waals surface area contributed by atoms with Crippen LogP contribution in [0.3, 0.4) is 0 Å². The van der Waals surface area contributed by atoms with E-state index in [0.29, 0.717) is 6.54 Å². The molecule has 0 saturated carbocycles. The zero-order chi connectivity index (χ0) is 12.8. The fourth-order valence-corrected chi connectivity index (χ4v) is 2.04. The normalized spacial score (nSPS) is 26.2. The van der Waals surface area contributed by atoms with Crippen molar-refractivity contribution in [2.75, 3.05) is 20.7 Å². The Balaban J connectivity index is 2.74. The van der Waals surface area contributed by atoms with Gasteiger partial charge in [0.15, 0.2) is 0 Å². The standard InChI is InChI=1S/C12H17BrN2O2/c1-9-4-5-10(12(16)15(2)17-3)7-14-8-11(13)6-9/h6,8,10H,1,4-5,7H2,2-3H3/b11-6+,14-8-. The van der Waals surface area contributed by atoms with Crippen LogP contribution in [0, 0.1) is 5.92 Å². The Kier molecular flexibility index (Phi) is 5.58. The molecule has 1 heterocycles. The minimum Gasteiger partial charge on any atom is -0.291 e. The Morgan fingerprint density at radius 2 is 2.41 bits per heavy atom. The van der Waals surface area contributed by atoms with Crippen LogP contribution in [0.25, 0.3) is 0 Å². The lowest BCUT2D eigenvalue weighted by molar-refractivity contribution is -0.173. The first-order chi connectivity index (χ1) is 8.04. The summed E-state index contributed by atoms with van der Waals surface area (Å²) in [7, 11) is 3.09. The van der Waals surface area contributed by atoms with Crippen LogP contribution < -0.4 is 0 Å². The second kappa shape index (κ2) is 6.71. The van der Waals surface area contributed by atoms with Gasteiger partial charge in [0, 0.05) is 17.7 Å². The number of allylic oxidation sites excluding steroid dienone is 3. The Bertz CT molecular complexity index is 364. The molecule has 0 saturated heterocycles. The van der Waals surface area contributed by atoms with Gasteiger partial charge in [-0.25, -0.2) is 5.06 Å². The highest BCUT2D eigenvalue weighted by Crippen LogP contribution is 2.19. The predicted molar refractivity (Wildman–Crippen MR) is 72.0 cm³/mol. The molecule has 5 heteroatoms. The molecule has 1 aliphatic rings. The van der Waals surface area contributed by atoms with Crippen LogP contribution in [0.2, 0.25) is 0 Å². The molecule has 0 aromatic carbocycles. The van der Waals surface area contributed by atoms with Gasteiger partial charge in [-0.3, -0.25) is 14.6 Å². The summed E-state index contributed by atoms with van der Waals surface area (Å²) >= 11 is 3.38. The second-order valence-corrected chi connectivity index (χ2v) is 4.85. The quantitative estimate of drug-likeness (QED) is 0.735. The molecule has 0 aromatic heterocycles. The summed E-state index contributed by atoms with van der Waals surface area (Å²) in [5.74, 6) is -0.199. The summed E-state index contributed by atoms with van der Waals surface area (Å²) in [6, 6.07) is 0. The van der Waals surface area contributed by atoms with Crippen molar-refractivity contribution in [3.05, 3.63) is 22.7 Å². The van der Waals surface area contributed by atoms with Gasteiger partial charge in [-0.15, -0.1) is 0 Å². The van der Waals surface area contributed by atoms with Crippen LogP contribution in [-0.2, 0) is 9.63 Å². The molecule has 1 amide bonds. The van der Waals surface area contributed by atoms with Crippen molar-refractivity contribution in [2.45, 2.75) is 12.8 Å². The van der Waals surface area contributed by atoms with Gasteiger partial charge in [-0.1, -0.05) is 12.2 Å². The number of carbonyl (C=O) groups excluding carboxylic acids is 1. The van der Waals surface area contributed by atoms with Crippen LogP contribution in [0.4, 0.5) is 0 Å². The molecule has 1 atom stereocenters. The summed E-state index contributed by atoms with van der Waals surface area (Å²) in [4.78, 5) is 21.1. The average molecular weight is 301 g/mol. The molecule has 94 valence electrons. The summed E-state index contributed by atoms with van der Waals surface area (Å²) in [6.07, 6.45) is 5.16. The lowest BCUT2D eigenvalue weighted by atomic mass is 9.99. The molecule has 0 bridgehead atoms. The van der Waals surface area contributed by atoms with E-state index in [1.54, 1.807) is 13.3 Å². The lowest BCUT2D eigenvalue weighted by Crippen LogP contribution is -2.33. The molecule has 0 aromatic rings. The molecule has 17 heavy (non-hydrogen) atoms. The van der Waals surface area contributed by atoms with Crippen molar-refractivity contribution in [1.82, 2.24) is 5.06 Å². The number of amides is 1. The van der Waals surface area contributed by atoms with Gasteiger partial charge in [0.1, 0.15) is 0 Å². The largest absolute Gasteiger partial charge is 0.291 e. The third kappa shape index (κ3) is 4.44. The van der Waals surface area contributed by atoms with E-state index in [1.165, 1.54) is 12.2 Å². The van der Waals surface area contributed by atoms with E-state index in [2.05, 4.69) is 27.5 Å². The van der Waals surface area contributed by atoms with Gasteiger partial charge in [-0.2, -0.15) is 0 Å². The first kappa shape index (κ1) is 14.1. The summed E-state index contributed by atoms with van der Waals surface area (Å²) < 4.78 is 0.885. The topological polar surface area (TPSA) is 41.9 Å². The van der Waals surface area contributed by atoms with Gasteiger partial charge in [0.05, 0.1) is 19.6 Å². The predicted octanol–water partition coefficient (Wildman–Crippen LogP) is 2.32. The van der Waals surface area contributed by atoms with E-state index in [4.69, 9.17) is 4.84 Å². The number of hydrogen-bond donors (Lipinski definition) is 0. The molecule has 1 aliphatic heterocycles. The fourth-order valence-electron chi connectivity index (χ4n) is 1.57. The van der Waals surface area contributed by atoms with Crippen LogP contribution in [0.15, 0.2) is 27.7 Å². The molecule has 1 unspecified atom stereocenters. The maximum absolute atomic E-state index is 12.0. The number of rotatable bonds is 2. The first-order valence-electron chi connectivity index (χ1n) is 5.41. The molecule has 0 aliphatic carbocycles. The number of halogens is 1. The monoisotopic (exact) mass is 300 g/mol. The Labute approximate surface area is 110 Å². The van der Waals surface area contributed by atoms with Crippen molar-refractivity contribution < 1.29 is 9.63 Å². The van der Waals surface area contributed by atoms with Gasteiger partial charge in [-0.05, 0) is 34.8 Å². The van der Waals surface area contributed by atoms with E-state index in [-0.39, 0.29) is 11.8 Å². The summed E-state index contributed by atoms with van der Waals surface area (Å²) in [5.41, 5.74) is 0.989. The molecule has 4 nitrogen and oxygen atoms in total. The van der Waals surface area contributed by atoms with Crippen LogP contribution in [0.5, 0.6) is 0 Å². The first-order valence-corrected chi connectivity index (χ1v) is 6.20. The highest BCUT2D eigenvalue weighted by molar-refractivity contribution is 9.12. The Morgan fingerprint density at radius 1 is 1.71 bits per heavy atom. The lowest BCUT2D eigenvalue weighted by Gasteiger charge is -2.20. The Hall–Kier alpha value is -0.940. The average Bonchev–Trinajstić information content (AvgIpc) is 2.38. The zero-order valence-electron chi connectivity index (χ0n) is 10.1. The highest BCUT2D eigenvalue weighted by Gasteiger charge is 2.22. The number of hydrogen-bond acceptors (Lipinski definition) is 3. The third-order valence-electron chi connectivity index (χ3n) is 2.63. The van der Waals surface area contributed by atoms with Gasteiger partial charge < -0.3 is 0 Å². The minimum absolute atomic E-state index is 0.0459. The smallest absolute Gasteiger partial charge is 0.250 e. The van der Waals surface area contributed by atoms with E-state index < -0.39 is 0 Å². The van der Waals surface area contributed by atoms with Crippen LogP contribution >= 0.6 is 15.9 Å². The maximum Gasteiger partial charge on any atom is 0.250 e. The number of hydroxylamine groups is 2. The third-order valence-corrected chi connectivity index (χ3v) is 3.06. The van der Waals surface area contributed by atoms with Gasteiger partial charge >= 0.3 is 0 Å². The van der Waals surface area contributed by atoms with Crippen molar-refractivity contribution in [1.29, 1.82) is 0 Å². The minimum atomic E-state index is -0.153. The summed E-state index contributed by atoms with van der Waals surface area (Å²) in [5, 5.41) is 1.25. The Morgan fingerprint density at radius 3 is 3.06 bits per heavy atom. The van der Waals surface area contributed by atoms with E-state index >= 15 is 0 Å². The van der Waals surface area contributed by atoms with Crippen LogP contribution in [0.1, 0.15) is 12.8 Å². The molecular weight excluding hydrogens is 284 g/mol. The van der Waals surface area contributed by atoms with E-state index in [1.807, 2.05) is 6.08 Å². The van der Waals surface area contributed by atoms with Crippen molar-refractivity contribution >= 4 is 28.1 Å².